The molecule has 3 nitrogen and oxygen atoms in total. The molecule has 1 aromatic carbocycles. The molecule has 0 unspecified atom stereocenters. The summed E-state index contributed by atoms with van der Waals surface area (Å²) in [5, 5.41) is 11.5. The first-order valence-corrected chi connectivity index (χ1v) is 4.75. The second-order valence-corrected chi connectivity index (χ2v) is 3.06. The minimum Gasteiger partial charge on any atom is -0.490 e. The van der Waals surface area contributed by atoms with Crippen molar-refractivity contribution in [3.63, 3.8) is 0 Å². The molecule has 1 rings (SSSR count). The van der Waals surface area contributed by atoms with E-state index >= 15 is 0 Å². The summed E-state index contributed by atoms with van der Waals surface area (Å²) in [6.07, 6.45) is 0.815. The number of hydrogen-bond acceptors (Lipinski definition) is 3. The molecule has 0 aliphatic heterocycles. The Bertz CT molecular complexity index is 360. The Balaban J connectivity index is 2.52. The number of nitrogens with one attached hydrogen (secondary N) is 1. The summed E-state index contributed by atoms with van der Waals surface area (Å²) in [5.41, 5.74) is 0.301. The van der Waals surface area contributed by atoms with Gasteiger partial charge in [-0.25, -0.2) is 4.39 Å². The molecule has 15 heavy (non-hydrogen) atoms. The maximum atomic E-state index is 13.3. The first kappa shape index (κ1) is 11.5. The molecule has 0 spiro atoms. The summed E-state index contributed by atoms with van der Waals surface area (Å²) >= 11 is 0. The first-order valence-electron chi connectivity index (χ1n) is 4.75. The van der Waals surface area contributed by atoms with Crippen LogP contribution in [0.2, 0.25) is 0 Å². The second-order valence-electron chi connectivity index (χ2n) is 3.06. The van der Waals surface area contributed by atoms with Crippen LogP contribution < -0.4 is 10.1 Å². The van der Waals surface area contributed by atoms with Gasteiger partial charge in [0.15, 0.2) is 11.6 Å². The third kappa shape index (κ3) is 3.56. The van der Waals surface area contributed by atoms with E-state index in [1.54, 1.807) is 0 Å². The highest BCUT2D eigenvalue weighted by atomic mass is 19.1. The second kappa shape index (κ2) is 5.99. The first-order chi connectivity index (χ1) is 7.27. The van der Waals surface area contributed by atoms with Crippen LogP contribution in [0, 0.1) is 17.1 Å². The van der Waals surface area contributed by atoms with E-state index in [2.05, 4.69) is 5.32 Å². The molecular weight excluding hydrogens is 195 g/mol. The van der Waals surface area contributed by atoms with Crippen LogP contribution in [-0.4, -0.2) is 20.2 Å². The van der Waals surface area contributed by atoms with Crippen LogP contribution in [-0.2, 0) is 0 Å². The topological polar surface area (TPSA) is 45.0 Å². The maximum absolute atomic E-state index is 13.3. The van der Waals surface area contributed by atoms with Gasteiger partial charge in [-0.1, -0.05) is 0 Å². The molecule has 80 valence electrons. The molecule has 0 heterocycles. The van der Waals surface area contributed by atoms with E-state index in [1.807, 2.05) is 13.1 Å². The van der Waals surface area contributed by atoms with E-state index in [1.165, 1.54) is 18.2 Å². The number of halogens is 1. The molecule has 0 saturated carbocycles. The van der Waals surface area contributed by atoms with Crippen molar-refractivity contribution in [3.8, 4) is 11.8 Å². The zero-order valence-corrected chi connectivity index (χ0v) is 8.59. The summed E-state index contributed by atoms with van der Waals surface area (Å²) in [5.74, 6) is -0.288. The van der Waals surface area contributed by atoms with Crippen LogP contribution in [0.1, 0.15) is 12.0 Å². The Hall–Kier alpha value is -1.60. The maximum Gasteiger partial charge on any atom is 0.166 e. The summed E-state index contributed by atoms with van der Waals surface area (Å²) in [4.78, 5) is 0. The fourth-order valence-corrected chi connectivity index (χ4v) is 1.12. The lowest BCUT2D eigenvalue weighted by atomic mass is 10.2. The van der Waals surface area contributed by atoms with Crippen LogP contribution in [0.5, 0.6) is 5.75 Å². The van der Waals surface area contributed by atoms with Gasteiger partial charge in [0.25, 0.3) is 0 Å². The predicted octanol–water partition coefficient (Wildman–Crippen LogP) is 1.69. The smallest absolute Gasteiger partial charge is 0.166 e. The van der Waals surface area contributed by atoms with Gasteiger partial charge < -0.3 is 10.1 Å². The minimum atomic E-state index is -0.487. The van der Waals surface area contributed by atoms with Gasteiger partial charge in [-0.3, -0.25) is 0 Å². The van der Waals surface area contributed by atoms with Gasteiger partial charge >= 0.3 is 0 Å². The SMILES string of the molecule is CNCCCOc1ccc(C#N)cc1F. The normalized spacial score (nSPS) is 9.67. The average molecular weight is 208 g/mol. The number of rotatable bonds is 5. The standard InChI is InChI=1S/C11H13FN2O/c1-14-5-2-6-15-11-4-3-9(8-13)7-10(11)12/h3-4,7,14H,2,5-6H2,1H3. The quantitative estimate of drug-likeness (QED) is 0.749. The van der Waals surface area contributed by atoms with Crippen molar-refractivity contribution in [1.82, 2.24) is 5.32 Å². The molecule has 0 amide bonds. The Morgan fingerprint density at radius 1 is 1.53 bits per heavy atom. The lowest BCUT2D eigenvalue weighted by molar-refractivity contribution is 0.294. The summed E-state index contributed by atoms with van der Waals surface area (Å²) < 4.78 is 18.5. The van der Waals surface area contributed by atoms with Gasteiger partial charge in [0.1, 0.15) is 0 Å². The fraction of sp³-hybridized carbons (Fsp3) is 0.364. The van der Waals surface area contributed by atoms with Crippen LogP contribution in [0.15, 0.2) is 18.2 Å². The predicted molar refractivity (Wildman–Crippen MR) is 55.2 cm³/mol. The average Bonchev–Trinajstić information content (AvgIpc) is 2.26. The van der Waals surface area contributed by atoms with E-state index in [0.29, 0.717) is 12.2 Å². The molecular formula is C11H13FN2O. The van der Waals surface area contributed by atoms with Crippen molar-refractivity contribution in [2.24, 2.45) is 0 Å². The molecule has 0 saturated heterocycles. The molecule has 1 aromatic rings. The Morgan fingerprint density at radius 2 is 2.33 bits per heavy atom. The van der Waals surface area contributed by atoms with Crippen molar-refractivity contribution in [2.75, 3.05) is 20.2 Å². The molecule has 0 atom stereocenters. The van der Waals surface area contributed by atoms with Crippen molar-refractivity contribution in [3.05, 3.63) is 29.6 Å². The monoisotopic (exact) mass is 208 g/mol. The van der Waals surface area contributed by atoms with Gasteiger partial charge in [-0.15, -0.1) is 0 Å². The number of ether oxygens (including phenoxy) is 1. The highest BCUT2D eigenvalue weighted by Gasteiger charge is 2.03. The van der Waals surface area contributed by atoms with Gasteiger partial charge in [-0.05, 0) is 38.2 Å². The van der Waals surface area contributed by atoms with Gasteiger partial charge in [0.2, 0.25) is 0 Å². The molecule has 0 aromatic heterocycles. The molecule has 0 radical (unpaired) electrons. The number of hydrogen-bond donors (Lipinski definition) is 1. The fourth-order valence-electron chi connectivity index (χ4n) is 1.12. The van der Waals surface area contributed by atoms with Crippen LogP contribution in [0.3, 0.4) is 0 Å². The molecule has 0 bridgehead atoms. The van der Waals surface area contributed by atoms with Crippen molar-refractivity contribution in [2.45, 2.75) is 6.42 Å². The molecule has 4 heteroatoms. The molecule has 1 N–H and O–H groups in total. The van der Waals surface area contributed by atoms with E-state index in [0.717, 1.165) is 13.0 Å². The third-order valence-electron chi connectivity index (χ3n) is 1.89. The summed E-state index contributed by atoms with van der Waals surface area (Å²) in [6.45, 7) is 1.29. The minimum absolute atomic E-state index is 0.199. The summed E-state index contributed by atoms with van der Waals surface area (Å²) in [7, 11) is 1.85. The molecule has 0 aliphatic carbocycles. The molecule has 0 aliphatic rings. The van der Waals surface area contributed by atoms with Gasteiger partial charge in [-0.2, -0.15) is 5.26 Å². The highest BCUT2D eigenvalue weighted by molar-refractivity contribution is 5.35. The summed E-state index contributed by atoms with van der Waals surface area (Å²) in [6, 6.07) is 6.06. The van der Waals surface area contributed by atoms with E-state index in [9.17, 15) is 4.39 Å². The Labute approximate surface area is 88.5 Å². The van der Waals surface area contributed by atoms with Crippen molar-refractivity contribution >= 4 is 0 Å². The van der Waals surface area contributed by atoms with E-state index in [4.69, 9.17) is 10.00 Å². The van der Waals surface area contributed by atoms with Gasteiger partial charge in [0, 0.05) is 0 Å². The zero-order chi connectivity index (χ0) is 11.1. The van der Waals surface area contributed by atoms with Crippen molar-refractivity contribution in [1.29, 1.82) is 5.26 Å². The van der Waals surface area contributed by atoms with E-state index in [-0.39, 0.29) is 5.75 Å². The largest absolute Gasteiger partial charge is 0.490 e. The highest BCUT2D eigenvalue weighted by Crippen LogP contribution is 2.17. The third-order valence-corrected chi connectivity index (χ3v) is 1.89. The zero-order valence-electron chi connectivity index (χ0n) is 8.59. The lowest BCUT2D eigenvalue weighted by Gasteiger charge is -2.06. The number of nitrogens with zero attached hydrogens (tertiary/aromatic N) is 1. The Kier molecular flexibility index (Phi) is 4.58. The number of benzene rings is 1. The van der Waals surface area contributed by atoms with Crippen LogP contribution in [0.25, 0.3) is 0 Å². The Morgan fingerprint density at radius 3 is 2.93 bits per heavy atom. The number of nitriles is 1. The van der Waals surface area contributed by atoms with Crippen molar-refractivity contribution < 1.29 is 9.13 Å². The van der Waals surface area contributed by atoms with E-state index < -0.39 is 5.82 Å². The van der Waals surface area contributed by atoms with Crippen LogP contribution in [0.4, 0.5) is 4.39 Å². The molecule has 0 fully saturated rings. The lowest BCUT2D eigenvalue weighted by Crippen LogP contribution is -2.11. The van der Waals surface area contributed by atoms with Gasteiger partial charge in [0.05, 0.1) is 18.2 Å². The van der Waals surface area contributed by atoms with Crippen LogP contribution >= 0.6 is 0 Å².